The number of hydrogen-bond acceptors (Lipinski definition) is 28. The molecule has 8 rings (SSSR count). The maximum Gasteiger partial charge on any atom is 0.306 e. The van der Waals surface area contributed by atoms with E-state index in [0.717, 1.165) is 23.1 Å². The number of guanidine groups is 2. The van der Waals surface area contributed by atoms with E-state index in [2.05, 4.69) is 47.9 Å². The molecular weight excluding hydrogens is 1320 g/mol. The van der Waals surface area contributed by atoms with Gasteiger partial charge in [0.15, 0.2) is 42.1 Å². The maximum atomic E-state index is 16.6. The molecule has 25 unspecified atom stereocenters. The van der Waals surface area contributed by atoms with Crippen LogP contribution in [0.15, 0.2) is 48.5 Å². The van der Waals surface area contributed by atoms with Crippen LogP contribution < -0.4 is 52.6 Å². The lowest BCUT2D eigenvalue weighted by Crippen LogP contribution is -2.69. The molecule has 550 valence electrons. The van der Waals surface area contributed by atoms with Crippen molar-refractivity contribution in [2.24, 2.45) is 5.92 Å². The predicted molar refractivity (Wildman–Crippen MR) is 329 cm³/mol. The topological polar surface area (TPSA) is 597 Å². The quantitative estimate of drug-likeness (QED) is 0.0516. The van der Waals surface area contributed by atoms with Gasteiger partial charge in [0.1, 0.15) is 110 Å². The average molecular weight is 1410 g/mol. The van der Waals surface area contributed by atoms with Crippen LogP contribution in [0, 0.1) is 22.6 Å². The van der Waals surface area contributed by atoms with Crippen LogP contribution in [0.3, 0.4) is 0 Å². The molecule has 25 atom stereocenters. The summed E-state index contributed by atoms with van der Waals surface area (Å²) in [5.74, 6) is -12.7. The van der Waals surface area contributed by atoms with E-state index in [1.807, 2.05) is 0 Å². The molecular formula is C60H87FN12O26. The molecule has 6 saturated heterocycles. The molecule has 0 aromatic heterocycles. The van der Waals surface area contributed by atoms with Crippen molar-refractivity contribution in [2.45, 2.75) is 193 Å². The molecule has 0 saturated carbocycles. The number of halogens is 1. The third-order valence-corrected chi connectivity index (χ3v) is 17.7. The van der Waals surface area contributed by atoms with E-state index in [9.17, 15) is 85.6 Å². The second kappa shape index (κ2) is 34.1. The summed E-state index contributed by atoms with van der Waals surface area (Å²) in [6.07, 6.45) is -33.4. The number of nitrogens with one attached hydrogen (secondary N) is 11. The number of benzene rings is 2. The van der Waals surface area contributed by atoms with Crippen LogP contribution in [-0.4, -0.2) is 317 Å². The van der Waals surface area contributed by atoms with Gasteiger partial charge in [-0.1, -0.05) is 57.2 Å². The molecule has 39 heteroatoms. The first-order chi connectivity index (χ1) is 47.0. The van der Waals surface area contributed by atoms with E-state index in [-0.39, 0.29) is 36.8 Å². The molecule has 6 aliphatic rings. The lowest BCUT2D eigenvalue weighted by atomic mass is 9.88. The fourth-order valence-electron chi connectivity index (χ4n) is 12.3. The normalized spacial score (nSPS) is 35.5. The van der Waals surface area contributed by atoms with Gasteiger partial charge in [0.05, 0.1) is 45.1 Å². The molecule has 6 heterocycles. The monoisotopic (exact) mass is 1410 g/mol. The number of nitrogens with zero attached hydrogens (tertiary/aromatic N) is 1. The molecule has 6 fully saturated rings. The van der Waals surface area contributed by atoms with Gasteiger partial charge < -0.3 is 148 Å². The van der Waals surface area contributed by atoms with Crippen LogP contribution in [0.1, 0.15) is 50.7 Å². The fourth-order valence-corrected chi connectivity index (χ4v) is 12.3. The number of hydrogen-bond donors (Lipinski definition) is 24. The molecule has 0 spiro atoms. The molecule has 24 N–H and O–H groups in total. The second-order valence-electron chi connectivity index (χ2n) is 25.0. The Balaban J connectivity index is 1.11. The molecule has 2 aromatic carbocycles. The van der Waals surface area contributed by atoms with E-state index < -0.39 is 257 Å². The van der Waals surface area contributed by atoms with Gasteiger partial charge in [-0.2, -0.15) is 0 Å². The highest BCUT2D eigenvalue weighted by Gasteiger charge is 2.55. The molecule has 6 aliphatic heterocycles. The Morgan fingerprint density at radius 1 is 0.626 bits per heavy atom. The zero-order valence-electron chi connectivity index (χ0n) is 53.6. The zero-order valence-corrected chi connectivity index (χ0v) is 53.6. The lowest BCUT2D eigenvalue weighted by molar-refractivity contribution is -0.353. The number of esters is 1. The first kappa shape index (κ1) is 77.1. The number of carbonyl (C=O) groups is 7. The molecule has 99 heavy (non-hydrogen) atoms. The Morgan fingerprint density at radius 2 is 1.25 bits per heavy atom. The van der Waals surface area contributed by atoms with Gasteiger partial charge in [-0.3, -0.25) is 44.4 Å². The minimum atomic E-state index is -2.41. The number of amides is 6. The van der Waals surface area contributed by atoms with Crippen molar-refractivity contribution in [1.82, 2.24) is 52.8 Å². The summed E-state index contributed by atoms with van der Waals surface area (Å²) in [5, 5.41) is 181. The van der Waals surface area contributed by atoms with Crippen molar-refractivity contribution in [1.29, 1.82) is 10.8 Å². The van der Waals surface area contributed by atoms with Gasteiger partial charge in [-0.25, -0.2) is 4.39 Å². The van der Waals surface area contributed by atoms with Crippen molar-refractivity contribution in [2.75, 3.05) is 46.1 Å². The summed E-state index contributed by atoms with van der Waals surface area (Å²) in [7, 11) is 0. The largest absolute Gasteiger partial charge is 0.459 e. The molecule has 0 bridgehead atoms. The predicted octanol–water partition coefficient (Wildman–Crippen LogP) is -11.1. The third kappa shape index (κ3) is 17.9. The Bertz CT molecular complexity index is 3170. The van der Waals surface area contributed by atoms with Crippen molar-refractivity contribution in [3.05, 3.63) is 65.5 Å². The summed E-state index contributed by atoms with van der Waals surface area (Å²) >= 11 is 0. The van der Waals surface area contributed by atoms with Crippen LogP contribution in [0.2, 0.25) is 0 Å². The van der Waals surface area contributed by atoms with Gasteiger partial charge in [0, 0.05) is 31.8 Å². The Hall–Kier alpha value is -7.68. The zero-order chi connectivity index (χ0) is 72.4. The lowest BCUT2D eigenvalue weighted by Gasteiger charge is -2.46. The van der Waals surface area contributed by atoms with Gasteiger partial charge in [-0.15, -0.1) is 0 Å². The SMILES string of the molecule is CCC(c1ccccc1)C1NC(=O)CNC(=O)C(CO)NC(=O)C(C(O)C2CNC(=N)N2C2OC(CO)C(O)C(O)C2O)NC(=O)C(C(O)C2CNC(=N)N2)NC(=O)C(Cc2ccc(OC3OC(CO)C(OC4OC(CO)C(O)C(OC(=O)CC(C)C)C4O)C(O)C3O)c(F)c2)NC1=O. The molecule has 2 aromatic rings. The summed E-state index contributed by atoms with van der Waals surface area (Å²) in [6, 6.07) is -2.30. The first-order valence-electron chi connectivity index (χ1n) is 31.9. The number of ether oxygens (including phenoxy) is 6. The second-order valence-corrected chi connectivity index (χ2v) is 25.0. The highest BCUT2D eigenvalue weighted by atomic mass is 19.1. The summed E-state index contributed by atoms with van der Waals surface area (Å²) in [4.78, 5) is 101. The van der Waals surface area contributed by atoms with Crippen LogP contribution in [0.4, 0.5) is 4.39 Å². The van der Waals surface area contributed by atoms with Crippen LogP contribution >= 0.6 is 0 Å². The highest BCUT2D eigenvalue weighted by Crippen LogP contribution is 2.34. The molecule has 38 nitrogen and oxygen atoms in total. The van der Waals surface area contributed by atoms with Gasteiger partial charge in [0.25, 0.3) is 0 Å². The molecule has 6 amide bonds. The number of aliphatic hydroxyl groups excluding tert-OH is 13. The third-order valence-electron chi connectivity index (χ3n) is 17.7. The number of aliphatic hydroxyl groups is 13. The Labute approximate surface area is 563 Å². The molecule has 0 aliphatic carbocycles. The van der Waals surface area contributed by atoms with Crippen molar-refractivity contribution < 1.29 is 133 Å². The maximum absolute atomic E-state index is 16.6. The van der Waals surface area contributed by atoms with E-state index in [0.29, 0.717) is 5.56 Å². The van der Waals surface area contributed by atoms with Gasteiger partial charge >= 0.3 is 5.97 Å². The number of carbonyl (C=O) groups excluding carboxylic acids is 7. The number of rotatable bonds is 21. The first-order valence-corrected chi connectivity index (χ1v) is 31.9. The van der Waals surface area contributed by atoms with Crippen LogP contribution in [0.5, 0.6) is 5.75 Å². The summed E-state index contributed by atoms with van der Waals surface area (Å²) < 4.78 is 50.3. The van der Waals surface area contributed by atoms with Crippen molar-refractivity contribution in [3.8, 4) is 5.75 Å². The Kier molecular flexibility index (Phi) is 26.6. The van der Waals surface area contributed by atoms with Crippen LogP contribution in [0.25, 0.3) is 0 Å². The highest BCUT2D eigenvalue weighted by molar-refractivity contribution is 5.98. The standard InChI is InChI=1S/C60H87FN12O26/c1-4-25(24-8-6-5-7-9-24)37-53(91)67-27(14-23-10-11-31(26(61)13-23)95-57-47(87)45(85)49(34(21-77)97-57)99-58-48(88)50(43(83)33(20-76)96-58)98-36(79)12-22(2)3)52(90)71-38(40(80)28-15-65-59(62)69-28)55(93)72-39(54(92)68-29(18-74)51(89)64-17-35(78)70-37)41(81)30-16-66-60(63)73(30)56-46(86)44(84)42(82)32(19-75)94-56/h5-11,13,22,25,27-30,32-34,37-50,56-58,74-77,80-88H,4,12,14-21H2,1-3H3,(H2,63,66)(H,64,89)(H,67,91)(H,68,92)(H,70,78)(H,71,90)(H,72,93)(H3,62,65,69). The van der Waals surface area contributed by atoms with Crippen molar-refractivity contribution >= 4 is 53.3 Å². The van der Waals surface area contributed by atoms with Crippen molar-refractivity contribution in [3.63, 3.8) is 0 Å². The van der Waals surface area contributed by atoms with E-state index in [1.54, 1.807) is 51.1 Å². The minimum Gasteiger partial charge on any atom is -0.459 e. The van der Waals surface area contributed by atoms with E-state index >= 15 is 18.8 Å². The van der Waals surface area contributed by atoms with Gasteiger partial charge in [-0.05, 0) is 35.6 Å². The fraction of sp³-hybridized carbons (Fsp3) is 0.650. The Morgan fingerprint density at radius 3 is 1.88 bits per heavy atom. The average Bonchev–Trinajstić information content (AvgIpc) is 1.70. The van der Waals surface area contributed by atoms with Gasteiger partial charge in [0.2, 0.25) is 41.7 Å². The van der Waals surface area contributed by atoms with E-state index in [1.165, 1.54) is 0 Å². The summed E-state index contributed by atoms with van der Waals surface area (Å²) in [6.45, 7) is -0.731. The summed E-state index contributed by atoms with van der Waals surface area (Å²) in [5.41, 5.74) is 0.319. The van der Waals surface area contributed by atoms with Crippen LogP contribution in [-0.2, 0) is 63.7 Å². The minimum absolute atomic E-state index is 0.114. The smallest absolute Gasteiger partial charge is 0.306 e. The molecule has 0 radical (unpaired) electrons. The van der Waals surface area contributed by atoms with E-state index in [4.69, 9.17) is 39.2 Å².